The number of carbonyl (C=O) groups excluding carboxylic acids is 3. The van der Waals surface area contributed by atoms with E-state index < -0.39 is 34.9 Å². The van der Waals surface area contributed by atoms with Crippen molar-refractivity contribution in [3.05, 3.63) is 46.8 Å². The fourth-order valence-electron chi connectivity index (χ4n) is 2.58. The monoisotopic (exact) mass is 318 g/mol. The Morgan fingerprint density at radius 1 is 1.17 bits per heavy atom. The van der Waals surface area contributed by atoms with Gasteiger partial charge in [0.2, 0.25) is 0 Å². The molecule has 0 spiro atoms. The average molecular weight is 318 g/mol. The minimum atomic E-state index is -0.846. The number of esters is 1. The van der Waals surface area contributed by atoms with Crippen molar-refractivity contribution in [3.63, 3.8) is 0 Å². The Morgan fingerprint density at radius 2 is 1.83 bits per heavy atom. The number of hydrogen-bond donors (Lipinski definition) is 0. The van der Waals surface area contributed by atoms with Crippen molar-refractivity contribution in [2.75, 3.05) is 6.61 Å². The summed E-state index contributed by atoms with van der Waals surface area (Å²) in [6.45, 7) is 3.80. The molecule has 1 aliphatic rings. The molecule has 0 bridgehead atoms. The summed E-state index contributed by atoms with van der Waals surface area (Å²) in [6.07, 6.45) is 0.366. The number of aryl methyl sites for hydroxylation is 1. The molecule has 1 aromatic carbocycles. The second-order valence-electron chi connectivity index (χ2n) is 5.44. The van der Waals surface area contributed by atoms with Gasteiger partial charge in [-0.15, -0.1) is 0 Å². The summed E-state index contributed by atoms with van der Waals surface area (Å²) in [6, 6.07) is 6.74. The highest BCUT2D eigenvalue weighted by Crippen LogP contribution is 2.31. The summed E-state index contributed by atoms with van der Waals surface area (Å²) in [5.74, 6) is -3.55. The maximum Gasteiger partial charge on any atom is 0.309 e. The first-order valence-electron chi connectivity index (χ1n) is 7.70. The zero-order valence-electron chi connectivity index (χ0n) is 13.2. The van der Waals surface area contributed by atoms with Crippen molar-refractivity contribution in [1.29, 1.82) is 0 Å². The van der Waals surface area contributed by atoms with Gasteiger partial charge in [-0.2, -0.15) is 0 Å². The van der Waals surface area contributed by atoms with E-state index in [1.165, 1.54) is 0 Å². The Kier molecular flexibility index (Phi) is 5.42. The topological polar surface area (TPSA) is 60.4 Å². The van der Waals surface area contributed by atoms with Gasteiger partial charge in [0.15, 0.2) is 11.6 Å². The van der Waals surface area contributed by atoms with E-state index in [-0.39, 0.29) is 25.0 Å². The average Bonchev–Trinajstić information content (AvgIpc) is 2.54. The fraction of sp³-hybridized carbons (Fsp3) is 0.389. The molecule has 0 amide bonds. The van der Waals surface area contributed by atoms with E-state index in [2.05, 4.69) is 0 Å². The third-order valence-corrected chi connectivity index (χ3v) is 3.88. The fourth-order valence-corrected chi connectivity index (χ4v) is 2.58. The first-order valence-corrected chi connectivity index (χ1v) is 7.70. The second-order valence-corrected chi connectivity index (χ2v) is 5.44. The number of Topliss-reactive ketones (excluding diaryl/α,β-unsaturated/α-hetero) is 2. The van der Waals surface area contributed by atoms with Crippen LogP contribution in [0.15, 0.2) is 35.7 Å². The Labute approximate surface area is 134 Å². The van der Waals surface area contributed by atoms with E-state index in [4.69, 9.17) is 4.74 Å². The summed E-state index contributed by atoms with van der Waals surface area (Å²) < 4.78 is 19.1. The third-order valence-electron chi connectivity index (χ3n) is 3.88. The highest BCUT2D eigenvalue weighted by atomic mass is 19.1. The molecule has 0 fully saturated rings. The number of hydrogen-bond acceptors (Lipinski definition) is 4. The molecule has 23 heavy (non-hydrogen) atoms. The predicted octanol–water partition coefficient (Wildman–Crippen LogP) is 3.20. The van der Waals surface area contributed by atoms with Crippen LogP contribution < -0.4 is 0 Å². The number of halogens is 1. The predicted molar refractivity (Wildman–Crippen MR) is 82.6 cm³/mol. The van der Waals surface area contributed by atoms with Crippen LogP contribution in [0.1, 0.15) is 42.6 Å². The molecule has 0 radical (unpaired) electrons. The molecule has 0 heterocycles. The lowest BCUT2D eigenvalue weighted by molar-refractivity contribution is -0.149. The molecule has 5 heteroatoms. The summed E-state index contributed by atoms with van der Waals surface area (Å²) >= 11 is 0. The number of ketones is 2. The Hall–Kier alpha value is -2.30. The highest BCUT2D eigenvalue weighted by molar-refractivity contribution is 6.27. The zero-order chi connectivity index (χ0) is 17.0. The van der Waals surface area contributed by atoms with E-state index in [1.54, 1.807) is 31.2 Å². The Balaban J connectivity index is 2.23. The van der Waals surface area contributed by atoms with Crippen molar-refractivity contribution in [2.24, 2.45) is 5.92 Å². The van der Waals surface area contributed by atoms with Crippen LogP contribution in [0.3, 0.4) is 0 Å². The van der Waals surface area contributed by atoms with E-state index in [9.17, 15) is 18.8 Å². The number of ether oxygens (including phenoxy) is 1. The maximum absolute atomic E-state index is 14.3. The van der Waals surface area contributed by atoms with E-state index in [0.717, 1.165) is 12.0 Å². The molecular formula is C18H19FO4. The minimum absolute atomic E-state index is 0.171. The van der Waals surface area contributed by atoms with Gasteiger partial charge in [-0.05, 0) is 18.9 Å². The van der Waals surface area contributed by atoms with Crippen LogP contribution in [0, 0.1) is 5.92 Å². The lowest BCUT2D eigenvalue weighted by Crippen LogP contribution is -2.29. The molecule has 0 saturated heterocycles. The van der Waals surface area contributed by atoms with Crippen LogP contribution in [0.5, 0.6) is 0 Å². The van der Waals surface area contributed by atoms with Crippen molar-refractivity contribution < 1.29 is 23.5 Å². The van der Waals surface area contributed by atoms with Gasteiger partial charge in [-0.3, -0.25) is 14.4 Å². The van der Waals surface area contributed by atoms with Crippen molar-refractivity contribution in [2.45, 2.75) is 33.1 Å². The largest absolute Gasteiger partial charge is 0.466 e. The van der Waals surface area contributed by atoms with Crippen LogP contribution in [-0.2, 0) is 20.7 Å². The highest BCUT2D eigenvalue weighted by Gasteiger charge is 2.36. The lowest BCUT2D eigenvalue weighted by Gasteiger charge is -2.20. The van der Waals surface area contributed by atoms with Crippen LogP contribution in [0.2, 0.25) is 0 Å². The molecule has 0 N–H and O–H groups in total. The van der Waals surface area contributed by atoms with Gasteiger partial charge in [0.1, 0.15) is 5.83 Å². The maximum atomic E-state index is 14.3. The molecule has 1 aromatic rings. The van der Waals surface area contributed by atoms with Gasteiger partial charge in [0, 0.05) is 18.4 Å². The molecule has 1 aliphatic carbocycles. The number of rotatable bonds is 5. The molecule has 4 nitrogen and oxygen atoms in total. The number of benzene rings is 1. The lowest BCUT2D eigenvalue weighted by atomic mass is 9.84. The Morgan fingerprint density at radius 3 is 2.35 bits per heavy atom. The van der Waals surface area contributed by atoms with Gasteiger partial charge in [-0.25, -0.2) is 4.39 Å². The summed E-state index contributed by atoms with van der Waals surface area (Å²) in [5, 5.41) is 0. The molecular weight excluding hydrogens is 299 g/mol. The van der Waals surface area contributed by atoms with Crippen LogP contribution in [0.4, 0.5) is 4.39 Å². The van der Waals surface area contributed by atoms with Crippen molar-refractivity contribution >= 4 is 17.5 Å². The molecule has 2 rings (SSSR count). The quantitative estimate of drug-likeness (QED) is 0.475. The molecule has 1 unspecified atom stereocenters. The summed E-state index contributed by atoms with van der Waals surface area (Å²) in [4.78, 5) is 36.2. The van der Waals surface area contributed by atoms with Crippen LogP contribution in [0.25, 0.3) is 0 Å². The minimum Gasteiger partial charge on any atom is -0.466 e. The Bertz CT molecular complexity index is 658. The summed E-state index contributed by atoms with van der Waals surface area (Å²) in [7, 11) is 0. The van der Waals surface area contributed by atoms with Gasteiger partial charge < -0.3 is 4.74 Å². The van der Waals surface area contributed by atoms with Crippen molar-refractivity contribution in [3.8, 4) is 0 Å². The van der Waals surface area contributed by atoms with E-state index >= 15 is 0 Å². The number of carbonyl (C=O) groups is 3. The number of allylic oxidation sites excluding steroid dienone is 2. The smallest absolute Gasteiger partial charge is 0.309 e. The molecule has 0 aromatic heterocycles. The standard InChI is InChI=1S/C18H19FO4/c1-3-11-5-7-12(8-6-11)17(21)16-14(19)9-13(10-15(16)20)18(22)23-4-2/h5-8,13H,3-4,9-10H2,1-2H3. The molecule has 1 atom stereocenters. The first-order chi connectivity index (χ1) is 11.0. The van der Waals surface area contributed by atoms with E-state index in [0.29, 0.717) is 0 Å². The zero-order valence-corrected chi connectivity index (χ0v) is 13.2. The van der Waals surface area contributed by atoms with Gasteiger partial charge in [-0.1, -0.05) is 31.2 Å². The van der Waals surface area contributed by atoms with Crippen LogP contribution in [-0.4, -0.2) is 24.1 Å². The third kappa shape index (κ3) is 3.73. The molecule has 0 saturated carbocycles. The first kappa shape index (κ1) is 17.1. The van der Waals surface area contributed by atoms with Gasteiger partial charge in [0.25, 0.3) is 0 Å². The molecule has 0 aliphatic heterocycles. The second kappa shape index (κ2) is 7.31. The normalized spacial score (nSPS) is 18.0. The SMILES string of the molecule is CCOC(=O)C1CC(=O)C(C(=O)c2ccc(CC)cc2)=C(F)C1. The molecule has 122 valence electrons. The summed E-state index contributed by atoms with van der Waals surface area (Å²) in [5.41, 5.74) is 0.887. The van der Waals surface area contributed by atoms with Crippen LogP contribution >= 0.6 is 0 Å². The van der Waals surface area contributed by atoms with E-state index in [1.807, 2.05) is 6.92 Å². The van der Waals surface area contributed by atoms with Crippen molar-refractivity contribution in [1.82, 2.24) is 0 Å². The van der Waals surface area contributed by atoms with Gasteiger partial charge >= 0.3 is 5.97 Å². The van der Waals surface area contributed by atoms with Gasteiger partial charge in [0.05, 0.1) is 18.1 Å².